The first-order chi connectivity index (χ1) is 22.9. The SMILES string of the molecule is CC(CC(OCc1ccccc1)C(=O)NC1c2ccccc2CC1C)C(OCc1ccccc1)C(=O)NC1c2ccccc2CC1C. The summed E-state index contributed by atoms with van der Waals surface area (Å²) >= 11 is 0. The summed E-state index contributed by atoms with van der Waals surface area (Å²) in [5.41, 5.74) is 6.85. The van der Waals surface area contributed by atoms with Gasteiger partial charge in [-0.3, -0.25) is 9.59 Å². The topological polar surface area (TPSA) is 76.7 Å². The molecule has 2 N–H and O–H groups in total. The first-order valence-electron chi connectivity index (χ1n) is 16.9. The second-order valence-electron chi connectivity index (χ2n) is 13.4. The van der Waals surface area contributed by atoms with Gasteiger partial charge in [0.25, 0.3) is 0 Å². The van der Waals surface area contributed by atoms with Crippen molar-refractivity contribution in [2.24, 2.45) is 17.8 Å². The lowest BCUT2D eigenvalue weighted by atomic mass is 9.94. The summed E-state index contributed by atoms with van der Waals surface area (Å²) in [5.74, 6) is -0.104. The Morgan fingerprint density at radius 1 is 0.638 bits per heavy atom. The number of fused-ring (bicyclic) bond motifs is 2. The van der Waals surface area contributed by atoms with Gasteiger partial charge in [0.15, 0.2) is 0 Å². The van der Waals surface area contributed by atoms with Gasteiger partial charge in [0, 0.05) is 0 Å². The molecule has 0 fully saturated rings. The summed E-state index contributed by atoms with van der Waals surface area (Å²) in [7, 11) is 0. The van der Waals surface area contributed by atoms with E-state index in [1.165, 1.54) is 11.1 Å². The first kappa shape index (κ1) is 32.7. The minimum Gasteiger partial charge on any atom is -0.364 e. The van der Waals surface area contributed by atoms with Gasteiger partial charge in [-0.25, -0.2) is 0 Å². The predicted molar refractivity (Wildman–Crippen MR) is 184 cm³/mol. The normalized spacial score (nSPS) is 21.7. The summed E-state index contributed by atoms with van der Waals surface area (Å²) < 4.78 is 12.8. The Kier molecular flexibility index (Phi) is 10.5. The van der Waals surface area contributed by atoms with Crippen LogP contribution >= 0.6 is 0 Å². The van der Waals surface area contributed by atoms with E-state index < -0.39 is 12.2 Å². The van der Waals surface area contributed by atoms with Crippen molar-refractivity contribution in [3.05, 3.63) is 143 Å². The van der Waals surface area contributed by atoms with Crippen LogP contribution in [0.15, 0.2) is 109 Å². The number of carbonyl (C=O) groups is 2. The Labute approximate surface area is 278 Å². The van der Waals surface area contributed by atoms with Crippen molar-refractivity contribution in [1.29, 1.82) is 0 Å². The monoisotopic (exact) mass is 630 g/mol. The highest BCUT2D eigenvalue weighted by Crippen LogP contribution is 2.37. The van der Waals surface area contributed by atoms with Crippen molar-refractivity contribution >= 4 is 11.8 Å². The maximum atomic E-state index is 14.1. The molecule has 6 rings (SSSR count). The number of ether oxygens (including phenoxy) is 2. The summed E-state index contributed by atoms with van der Waals surface area (Å²) in [4.78, 5) is 28.2. The maximum absolute atomic E-state index is 14.1. The minimum absolute atomic E-state index is 0.0887. The molecule has 2 aliphatic carbocycles. The van der Waals surface area contributed by atoms with E-state index in [2.05, 4.69) is 60.9 Å². The van der Waals surface area contributed by atoms with Crippen LogP contribution < -0.4 is 10.6 Å². The van der Waals surface area contributed by atoms with E-state index in [0.29, 0.717) is 13.0 Å². The van der Waals surface area contributed by atoms with Crippen molar-refractivity contribution in [3.8, 4) is 0 Å². The molecule has 2 amide bonds. The van der Waals surface area contributed by atoms with Crippen LogP contribution in [0.5, 0.6) is 0 Å². The van der Waals surface area contributed by atoms with Gasteiger partial charge in [-0.1, -0.05) is 130 Å². The van der Waals surface area contributed by atoms with Crippen LogP contribution in [0.4, 0.5) is 0 Å². The van der Waals surface area contributed by atoms with Crippen molar-refractivity contribution in [3.63, 3.8) is 0 Å². The average Bonchev–Trinajstić information content (AvgIpc) is 3.58. The van der Waals surface area contributed by atoms with Crippen molar-refractivity contribution in [1.82, 2.24) is 10.6 Å². The molecule has 0 radical (unpaired) electrons. The largest absolute Gasteiger partial charge is 0.364 e. The van der Waals surface area contributed by atoms with Gasteiger partial charge >= 0.3 is 0 Å². The quantitative estimate of drug-likeness (QED) is 0.163. The third-order valence-electron chi connectivity index (χ3n) is 9.82. The van der Waals surface area contributed by atoms with Crippen LogP contribution in [0, 0.1) is 17.8 Å². The van der Waals surface area contributed by atoms with Gasteiger partial charge < -0.3 is 20.1 Å². The molecule has 0 aliphatic heterocycles. The molecular weight excluding hydrogens is 584 g/mol. The number of rotatable bonds is 13. The molecule has 244 valence electrons. The standard InChI is InChI=1S/C41H46N2O4/c1-27-22-32-18-10-12-20-34(32)37(27)42-40(44)36(46-25-30-14-6-4-7-15-30)24-29(3)39(47-26-31-16-8-5-9-17-31)41(45)43-38-28(2)23-33-19-11-13-21-35(33)38/h4-21,27-29,36-39H,22-26H2,1-3H3,(H,42,44)(H,43,45). The zero-order valence-electron chi connectivity index (χ0n) is 27.6. The summed E-state index contributed by atoms with van der Waals surface area (Å²) in [6.45, 7) is 6.92. The highest BCUT2D eigenvalue weighted by Gasteiger charge is 2.37. The molecule has 4 aromatic rings. The number of nitrogens with one attached hydrogen (secondary N) is 2. The Hall–Kier alpha value is -4.26. The van der Waals surface area contributed by atoms with E-state index in [4.69, 9.17) is 9.47 Å². The zero-order valence-corrected chi connectivity index (χ0v) is 27.6. The molecule has 0 aromatic heterocycles. The molecule has 7 unspecified atom stereocenters. The molecule has 6 nitrogen and oxygen atoms in total. The number of hydrogen-bond donors (Lipinski definition) is 2. The number of hydrogen-bond acceptors (Lipinski definition) is 4. The van der Waals surface area contributed by atoms with Crippen LogP contribution in [-0.2, 0) is 45.1 Å². The molecule has 0 saturated heterocycles. The van der Waals surface area contributed by atoms with Crippen LogP contribution in [0.3, 0.4) is 0 Å². The molecule has 0 spiro atoms. The predicted octanol–water partition coefficient (Wildman–Crippen LogP) is 7.28. The second-order valence-corrected chi connectivity index (χ2v) is 13.4. The smallest absolute Gasteiger partial charge is 0.249 e. The Bertz CT molecular complexity index is 1640. The second kappa shape index (κ2) is 15.1. The highest BCUT2D eigenvalue weighted by molar-refractivity contribution is 5.83. The van der Waals surface area contributed by atoms with E-state index >= 15 is 0 Å². The summed E-state index contributed by atoms with van der Waals surface area (Å²) in [5, 5.41) is 6.66. The molecule has 0 saturated carbocycles. The fourth-order valence-corrected chi connectivity index (χ4v) is 7.25. The van der Waals surface area contributed by atoms with E-state index in [1.54, 1.807) is 0 Å². The third-order valence-corrected chi connectivity index (χ3v) is 9.82. The summed E-state index contributed by atoms with van der Waals surface area (Å²) in [6.07, 6.45) is 0.616. The third kappa shape index (κ3) is 7.83. The molecule has 0 bridgehead atoms. The zero-order chi connectivity index (χ0) is 32.8. The average molecular weight is 631 g/mol. The number of carbonyl (C=O) groups excluding carboxylic acids is 2. The fraction of sp³-hybridized carbons (Fsp3) is 0.366. The van der Waals surface area contributed by atoms with Crippen LogP contribution in [0.2, 0.25) is 0 Å². The Morgan fingerprint density at radius 2 is 1.09 bits per heavy atom. The summed E-state index contributed by atoms with van der Waals surface area (Å²) in [6, 6.07) is 36.2. The van der Waals surface area contributed by atoms with E-state index in [0.717, 1.165) is 35.1 Å². The molecular formula is C41H46N2O4. The number of benzene rings is 4. The lowest BCUT2D eigenvalue weighted by molar-refractivity contribution is -0.144. The lowest BCUT2D eigenvalue weighted by Gasteiger charge is -2.30. The Balaban J connectivity index is 1.22. The molecule has 6 heteroatoms. The van der Waals surface area contributed by atoms with Gasteiger partial charge in [-0.2, -0.15) is 0 Å². The Morgan fingerprint density at radius 3 is 1.62 bits per heavy atom. The van der Waals surface area contributed by atoms with Crippen LogP contribution in [0.1, 0.15) is 72.7 Å². The van der Waals surface area contributed by atoms with Crippen molar-refractivity contribution in [2.45, 2.75) is 77.5 Å². The van der Waals surface area contributed by atoms with Crippen molar-refractivity contribution < 1.29 is 19.1 Å². The van der Waals surface area contributed by atoms with E-state index in [1.807, 2.05) is 79.7 Å². The van der Waals surface area contributed by atoms with Gasteiger partial charge in [0.2, 0.25) is 11.8 Å². The van der Waals surface area contributed by atoms with Gasteiger partial charge in [0.1, 0.15) is 12.2 Å². The van der Waals surface area contributed by atoms with E-state index in [-0.39, 0.29) is 48.3 Å². The van der Waals surface area contributed by atoms with Gasteiger partial charge in [-0.15, -0.1) is 0 Å². The molecule has 47 heavy (non-hydrogen) atoms. The van der Waals surface area contributed by atoms with E-state index in [9.17, 15) is 9.59 Å². The highest BCUT2D eigenvalue weighted by atomic mass is 16.5. The molecule has 7 atom stereocenters. The van der Waals surface area contributed by atoms with Crippen LogP contribution in [-0.4, -0.2) is 24.0 Å². The maximum Gasteiger partial charge on any atom is 0.249 e. The van der Waals surface area contributed by atoms with Crippen LogP contribution in [0.25, 0.3) is 0 Å². The van der Waals surface area contributed by atoms with Gasteiger partial charge in [0.05, 0.1) is 25.3 Å². The molecule has 4 aromatic carbocycles. The number of amides is 2. The van der Waals surface area contributed by atoms with Gasteiger partial charge in [-0.05, 0) is 70.4 Å². The lowest BCUT2D eigenvalue weighted by Crippen LogP contribution is -2.46. The fourth-order valence-electron chi connectivity index (χ4n) is 7.25. The van der Waals surface area contributed by atoms with Crippen molar-refractivity contribution in [2.75, 3.05) is 0 Å². The minimum atomic E-state index is -0.781. The molecule has 0 heterocycles. The molecule has 2 aliphatic rings. The first-order valence-corrected chi connectivity index (χ1v) is 16.9.